The predicted molar refractivity (Wildman–Crippen MR) is 91.7 cm³/mol. The summed E-state index contributed by atoms with van der Waals surface area (Å²) < 4.78 is 14.4. The Morgan fingerprint density at radius 2 is 1.73 bits per heavy atom. The zero-order valence-electron chi connectivity index (χ0n) is 15.2. The summed E-state index contributed by atoms with van der Waals surface area (Å²) in [5.74, 6) is -1.63. The number of carbonyl (C=O) groups is 4. The van der Waals surface area contributed by atoms with Crippen molar-refractivity contribution in [3.63, 3.8) is 0 Å². The van der Waals surface area contributed by atoms with E-state index in [0.717, 1.165) is 7.11 Å². The van der Waals surface area contributed by atoms with Gasteiger partial charge in [-0.15, -0.1) is 0 Å². The molecule has 0 aliphatic rings. The second-order valence-corrected chi connectivity index (χ2v) is 6.24. The smallest absolute Gasteiger partial charge is 0.413 e. The lowest BCUT2D eigenvalue weighted by molar-refractivity contribution is -0.128. The molecule has 0 aliphatic carbocycles. The lowest BCUT2D eigenvalue weighted by Crippen LogP contribution is -2.39. The number of imide groups is 1. The molecule has 0 saturated carbocycles. The van der Waals surface area contributed by atoms with Crippen LogP contribution in [0.25, 0.3) is 0 Å². The minimum atomic E-state index is -1.22. The van der Waals surface area contributed by atoms with Crippen LogP contribution in [0, 0.1) is 0 Å². The van der Waals surface area contributed by atoms with E-state index < -0.39 is 35.8 Å². The summed E-state index contributed by atoms with van der Waals surface area (Å²) in [7, 11) is 1.10. The van der Waals surface area contributed by atoms with Gasteiger partial charge in [0.2, 0.25) is 0 Å². The lowest BCUT2D eigenvalue weighted by Gasteiger charge is -2.19. The highest BCUT2D eigenvalue weighted by molar-refractivity contribution is 5.97. The molecule has 3 amide bonds. The molecule has 0 bridgehead atoms. The number of nitrogens with one attached hydrogen (secondary N) is 2. The molecule has 1 atom stereocenters. The highest BCUT2D eigenvalue weighted by Crippen LogP contribution is 2.15. The quantitative estimate of drug-likeness (QED) is 0.620. The topological polar surface area (TPSA) is 120 Å². The van der Waals surface area contributed by atoms with Crippen LogP contribution in [0.1, 0.15) is 38.1 Å². The molecule has 0 radical (unpaired) electrons. The number of amides is 3. The molecule has 9 heteroatoms. The minimum absolute atomic E-state index is 0.108. The Labute approximate surface area is 151 Å². The van der Waals surface area contributed by atoms with E-state index in [1.165, 1.54) is 25.1 Å². The van der Waals surface area contributed by atoms with Crippen molar-refractivity contribution in [2.75, 3.05) is 12.4 Å². The number of esters is 1. The van der Waals surface area contributed by atoms with E-state index in [9.17, 15) is 19.2 Å². The van der Waals surface area contributed by atoms with Crippen LogP contribution in [0.4, 0.5) is 15.3 Å². The number of alkyl carbamates (subject to hydrolysis) is 1. The van der Waals surface area contributed by atoms with E-state index in [-0.39, 0.29) is 5.56 Å². The predicted octanol–water partition coefficient (Wildman–Crippen LogP) is 2.46. The number of anilines is 1. The van der Waals surface area contributed by atoms with Gasteiger partial charge in [-0.25, -0.2) is 14.4 Å². The second kappa shape index (κ2) is 8.84. The number of methoxy groups -OCH3 is 1. The molecule has 0 aromatic heterocycles. The first-order valence-electron chi connectivity index (χ1n) is 7.71. The lowest BCUT2D eigenvalue weighted by atomic mass is 10.2. The highest BCUT2D eigenvalue weighted by Gasteiger charge is 2.21. The van der Waals surface area contributed by atoms with Gasteiger partial charge in [0.25, 0.3) is 5.91 Å². The van der Waals surface area contributed by atoms with Gasteiger partial charge in [-0.3, -0.25) is 15.4 Å². The first-order chi connectivity index (χ1) is 12.0. The van der Waals surface area contributed by atoms with Crippen LogP contribution in [0.15, 0.2) is 24.3 Å². The Morgan fingerprint density at radius 1 is 1.08 bits per heavy atom. The van der Waals surface area contributed by atoms with E-state index in [1.54, 1.807) is 26.8 Å². The zero-order valence-corrected chi connectivity index (χ0v) is 15.2. The fourth-order valence-corrected chi connectivity index (χ4v) is 1.68. The van der Waals surface area contributed by atoms with Crippen LogP contribution in [-0.4, -0.2) is 42.9 Å². The average Bonchev–Trinajstić information content (AvgIpc) is 2.52. The summed E-state index contributed by atoms with van der Waals surface area (Å²) in [6, 6.07) is 5.92. The van der Waals surface area contributed by atoms with Gasteiger partial charge in [0.15, 0.2) is 6.10 Å². The Balaban J connectivity index is 2.71. The van der Waals surface area contributed by atoms with Gasteiger partial charge >= 0.3 is 18.2 Å². The van der Waals surface area contributed by atoms with Crippen molar-refractivity contribution in [3.05, 3.63) is 29.8 Å². The number of hydrogen-bond donors (Lipinski definition) is 2. The molecule has 1 aromatic rings. The monoisotopic (exact) mass is 366 g/mol. The second-order valence-electron chi connectivity index (χ2n) is 6.24. The van der Waals surface area contributed by atoms with Gasteiger partial charge in [0, 0.05) is 5.69 Å². The van der Waals surface area contributed by atoms with Crippen LogP contribution >= 0.6 is 0 Å². The molecule has 0 heterocycles. The number of benzene rings is 1. The molecule has 0 aliphatic heterocycles. The third kappa shape index (κ3) is 7.20. The summed E-state index contributed by atoms with van der Waals surface area (Å²) in [4.78, 5) is 46.5. The molecule has 0 spiro atoms. The van der Waals surface area contributed by atoms with Gasteiger partial charge < -0.3 is 14.2 Å². The van der Waals surface area contributed by atoms with E-state index in [0.29, 0.717) is 5.69 Å². The molecule has 9 nitrogen and oxygen atoms in total. The summed E-state index contributed by atoms with van der Waals surface area (Å²) in [5.41, 5.74) is -0.236. The third-order valence-corrected chi connectivity index (χ3v) is 2.81. The summed E-state index contributed by atoms with van der Waals surface area (Å²) in [5, 5.41) is 4.39. The molecule has 2 N–H and O–H groups in total. The van der Waals surface area contributed by atoms with Gasteiger partial charge in [-0.2, -0.15) is 0 Å². The van der Waals surface area contributed by atoms with Gasteiger partial charge in [0.1, 0.15) is 5.60 Å². The fourth-order valence-electron chi connectivity index (χ4n) is 1.68. The Hall–Kier alpha value is -3.10. The molecule has 26 heavy (non-hydrogen) atoms. The average molecular weight is 366 g/mol. The Morgan fingerprint density at radius 3 is 2.31 bits per heavy atom. The van der Waals surface area contributed by atoms with Gasteiger partial charge in [-0.05, 0) is 45.9 Å². The highest BCUT2D eigenvalue weighted by atomic mass is 16.6. The standard InChI is InChI=1S/C17H22N2O7/c1-10(13(20)19-15(22)24-5)25-14(21)11-7-6-8-12(9-11)18-16(23)26-17(2,3)4/h6-10H,1-5H3,(H,18,23)(H,19,20,22)/t10-/m0/s1. The van der Waals surface area contributed by atoms with E-state index >= 15 is 0 Å². The Kier molecular flexibility index (Phi) is 7.12. The molecule has 0 fully saturated rings. The maximum absolute atomic E-state index is 12.1. The van der Waals surface area contributed by atoms with Crippen LogP contribution in [0.5, 0.6) is 0 Å². The zero-order chi connectivity index (χ0) is 19.9. The first-order valence-corrected chi connectivity index (χ1v) is 7.71. The van der Waals surface area contributed by atoms with Crippen molar-refractivity contribution in [2.45, 2.75) is 39.4 Å². The third-order valence-electron chi connectivity index (χ3n) is 2.81. The summed E-state index contributed by atoms with van der Waals surface area (Å²) in [6.07, 6.45) is -2.85. The van der Waals surface area contributed by atoms with E-state index in [2.05, 4.69) is 10.1 Å². The van der Waals surface area contributed by atoms with Crippen molar-refractivity contribution in [1.29, 1.82) is 0 Å². The largest absolute Gasteiger partial charge is 0.453 e. The number of hydrogen-bond acceptors (Lipinski definition) is 7. The SMILES string of the molecule is COC(=O)NC(=O)[C@H](C)OC(=O)c1cccc(NC(=O)OC(C)(C)C)c1. The first kappa shape index (κ1) is 20.9. The molecular weight excluding hydrogens is 344 g/mol. The number of ether oxygens (including phenoxy) is 3. The number of carbonyl (C=O) groups excluding carboxylic acids is 4. The van der Waals surface area contributed by atoms with Crippen molar-refractivity contribution in [2.24, 2.45) is 0 Å². The maximum Gasteiger partial charge on any atom is 0.413 e. The Bertz CT molecular complexity index is 695. The fraction of sp³-hybridized carbons (Fsp3) is 0.412. The van der Waals surface area contributed by atoms with Gasteiger partial charge in [0.05, 0.1) is 12.7 Å². The van der Waals surface area contributed by atoms with Crippen molar-refractivity contribution < 1.29 is 33.4 Å². The molecule has 1 aromatic carbocycles. The maximum atomic E-state index is 12.1. The van der Waals surface area contributed by atoms with Crippen LogP contribution in [-0.2, 0) is 19.0 Å². The minimum Gasteiger partial charge on any atom is -0.453 e. The summed E-state index contributed by atoms with van der Waals surface area (Å²) in [6.45, 7) is 6.47. The molecule has 1 rings (SSSR count). The van der Waals surface area contributed by atoms with Crippen LogP contribution in [0.2, 0.25) is 0 Å². The molecular formula is C17H22N2O7. The summed E-state index contributed by atoms with van der Waals surface area (Å²) >= 11 is 0. The molecule has 0 unspecified atom stereocenters. The van der Waals surface area contributed by atoms with E-state index in [4.69, 9.17) is 9.47 Å². The van der Waals surface area contributed by atoms with Crippen LogP contribution < -0.4 is 10.6 Å². The van der Waals surface area contributed by atoms with Crippen molar-refractivity contribution in [3.8, 4) is 0 Å². The normalized spacial score (nSPS) is 11.7. The van der Waals surface area contributed by atoms with Crippen molar-refractivity contribution in [1.82, 2.24) is 5.32 Å². The molecule has 0 saturated heterocycles. The van der Waals surface area contributed by atoms with Crippen molar-refractivity contribution >= 4 is 29.8 Å². The number of rotatable bonds is 4. The van der Waals surface area contributed by atoms with E-state index in [1.807, 2.05) is 5.32 Å². The van der Waals surface area contributed by atoms with Crippen LogP contribution in [0.3, 0.4) is 0 Å². The molecule has 142 valence electrons. The van der Waals surface area contributed by atoms with Gasteiger partial charge in [-0.1, -0.05) is 6.07 Å².